The number of aromatic amines is 1. The molecule has 2 heterocycles. The van der Waals surface area contributed by atoms with Gasteiger partial charge in [-0.25, -0.2) is 0 Å². The standard InChI is InChI=1S/C20H20N4O2S/c1-11-13(12(2)23-19(26)15(11)9-21)7-8-18(25)24-20-16(10-22)14-5-3-4-6-17(14)27-20/h3-8H2,1-2H3,(H,23,26)(H,24,25). The van der Waals surface area contributed by atoms with Crippen molar-refractivity contribution >= 4 is 22.2 Å². The van der Waals surface area contributed by atoms with Crippen molar-refractivity contribution in [3.8, 4) is 12.1 Å². The lowest BCUT2D eigenvalue weighted by atomic mass is 9.96. The number of aromatic nitrogens is 1. The molecule has 138 valence electrons. The molecular weight excluding hydrogens is 360 g/mol. The second kappa shape index (κ2) is 7.77. The van der Waals surface area contributed by atoms with Gasteiger partial charge in [-0.05, 0) is 62.6 Å². The molecule has 0 fully saturated rings. The van der Waals surface area contributed by atoms with Crippen LogP contribution in [0.5, 0.6) is 0 Å². The molecule has 2 aromatic rings. The van der Waals surface area contributed by atoms with Crippen LogP contribution >= 0.6 is 11.3 Å². The van der Waals surface area contributed by atoms with Gasteiger partial charge in [0.05, 0.1) is 5.56 Å². The van der Waals surface area contributed by atoms with Crippen molar-refractivity contribution in [1.82, 2.24) is 4.98 Å². The summed E-state index contributed by atoms with van der Waals surface area (Å²) in [6.07, 6.45) is 4.71. The fourth-order valence-corrected chi connectivity index (χ4v) is 4.88. The molecule has 2 N–H and O–H groups in total. The second-order valence-corrected chi connectivity index (χ2v) is 7.85. The number of rotatable bonds is 4. The van der Waals surface area contributed by atoms with Gasteiger partial charge in [-0.15, -0.1) is 11.3 Å². The van der Waals surface area contributed by atoms with Crippen LogP contribution in [0.4, 0.5) is 5.00 Å². The number of fused-ring (bicyclic) bond motifs is 1. The lowest BCUT2D eigenvalue weighted by Crippen LogP contribution is -2.18. The van der Waals surface area contributed by atoms with Gasteiger partial charge < -0.3 is 10.3 Å². The van der Waals surface area contributed by atoms with Crippen molar-refractivity contribution in [2.45, 2.75) is 52.4 Å². The van der Waals surface area contributed by atoms with Gasteiger partial charge in [-0.2, -0.15) is 10.5 Å². The van der Waals surface area contributed by atoms with E-state index in [-0.39, 0.29) is 17.9 Å². The minimum Gasteiger partial charge on any atom is -0.325 e. The van der Waals surface area contributed by atoms with Crippen molar-refractivity contribution in [2.24, 2.45) is 0 Å². The van der Waals surface area contributed by atoms with E-state index < -0.39 is 5.56 Å². The second-order valence-electron chi connectivity index (χ2n) is 6.74. The van der Waals surface area contributed by atoms with E-state index in [1.54, 1.807) is 13.8 Å². The number of H-pyrrole nitrogens is 1. The van der Waals surface area contributed by atoms with Crippen LogP contribution in [0.1, 0.15) is 57.7 Å². The number of nitriles is 2. The Kier molecular flexibility index (Phi) is 5.43. The lowest BCUT2D eigenvalue weighted by Gasteiger charge is -2.11. The van der Waals surface area contributed by atoms with E-state index in [1.807, 2.05) is 6.07 Å². The van der Waals surface area contributed by atoms with Crippen LogP contribution < -0.4 is 10.9 Å². The first-order chi connectivity index (χ1) is 13.0. The summed E-state index contributed by atoms with van der Waals surface area (Å²) in [5.74, 6) is -0.173. The Morgan fingerprint density at radius 2 is 1.89 bits per heavy atom. The average molecular weight is 380 g/mol. The van der Waals surface area contributed by atoms with Crippen molar-refractivity contribution in [3.05, 3.63) is 48.7 Å². The van der Waals surface area contributed by atoms with E-state index in [4.69, 9.17) is 5.26 Å². The smallest absolute Gasteiger partial charge is 0.266 e. The number of aryl methyl sites for hydroxylation is 2. The highest BCUT2D eigenvalue weighted by Gasteiger charge is 2.22. The third-order valence-electron chi connectivity index (χ3n) is 5.06. The Balaban J connectivity index is 1.75. The number of thiophene rings is 1. The summed E-state index contributed by atoms with van der Waals surface area (Å²) in [4.78, 5) is 28.1. The van der Waals surface area contributed by atoms with Crippen molar-refractivity contribution in [1.29, 1.82) is 10.5 Å². The first-order valence-electron chi connectivity index (χ1n) is 8.93. The molecule has 1 aliphatic carbocycles. The van der Waals surface area contributed by atoms with Gasteiger partial charge in [0.2, 0.25) is 5.91 Å². The first-order valence-corrected chi connectivity index (χ1v) is 9.74. The summed E-state index contributed by atoms with van der Waals surface area (Å²) in [5, 5.41) is 22.2. The quantitative estimate of drug-likeness (QED) is 0.848. The van der Waals surface area contributed by atoms with Gasteiger partial charge in [0.1, 0.15) is 22.7 Å². The molecule has 0 saturated carbocycles. The monoisotopic (exact) mass is 380 g/mol. The molecule has 27 heavy (non-hydrogen) atoms. The van der Waals surface area contributed by atoms with E-state index in [9.17, 15) is 14.9 Å². The van der Waals surface area contributed by atoms with Crippen LogP contribution in [0.3, 0.4) is 0 Å². The molecule has 0 aliphatic heterocycles. The summed E-state index contributed by atoms with van der Waals surface area (Å²) < 4.78 is 0. The van der Waals surface area contributed by atoms with Crippen molar-refractivity contribution < 1.29 is 4.79 Å². The Morgan fingerprint density at radius 1 is 1.19 bits per heavy atom. The fourth-order valence-electron chi connectivity index (χ4n) is 3.62. The molecule has 6 nitrogen and oxygen atoms in total. The summed E-state index contributed by atoms with van der Waals surface area (Å²) in [6, 6.07) is 4.17. The number of hydrogen-bond acceptors (Lipinski definition) is 5. The van der Waals surface area contributed by atoms with Crippen LogP contribution in [0.2, 0.25) is 0 Å². The van der Waals surface area contributed by atoms with Crippen LogP contribution in [0, 0.1) is 36.5 Å². The van der Waals surface area contributed by atoms with Crippen LogP contribution in [0.15, 0.2) is 4.79 Å². The number of carbonyl (C=O) groups excluding carboxylic acids is 1. The Labute approximate surface area is 161 Å². The molecule has 0 atom stereocenters. The minimum absolute atomic E-state index is 0.0914. The van der Waals surface area contributed by atoms with Gasteiger partial charge in [-0.1, -0.05) is 0 Å². The van der Waals surface area contributed by atoms with E-state index in [1.165, 1.54) is 16.2 Å². The third-order valence-corrected chi connectivity index (χ3v) is 6.27. The van der Waals surface area contributed by atoms with Gasteiger partial charge in [0, 0.05) is 17.0 Å². The number of pyridine rings is 1. The number of nitrogens with zero attached hydrogens (tertiary/aromatic N) is 2. The zero-order chi connectivity index (χ0) is 19.6. The first kappa shape index (κ1) is 18.9. The summed E-state index contributed by atoms with van der Waals surface area (Å²) >= 11 is 1.51. The molecule has 0 bridgehead atoms. The Bertz CT molecular complexity index is 1050. The molecule has 0 saturated heterocycles. The highest BCUT2D eigenvalue weighted by Crippen LogP contribution is 2.37. The predicted molar refractivity (Wildman–Crippen MR) is 104 cm³/mol. The van der Waals surface area contributed by atoms with Crippen LogP contribution in [0.25, 0.3) is 0 Å². The van der Waals surface area contributed by atoms with Gasteiger partial charge in [0.25, 0.3) is 5.56 Å². The summed E-state index contributed by atoms with van der Waals surface area (Å²) in [6.45, 7) is 3.50. The average Bonchev–Trinajstić information content (AvgIpc) is 2.98. The van der Waals surface area contributed by atoms with Gasteiger partial charge in [0.15, 0.2) is 0 Å². The molecule has 0 radical (unpaired) electrons. The third kappa shape index (κ3) is 3.65. The topological polar surface area (TPSA) is 110 Å². The largest absolute Gasteiger partial charge is 0.325 e. The van der Waals surface area contributed by atoms with Crippen molar-refractivity contribution in [2.75, 3.05) is 5.32 Å². The molecule has 0 unspecified atom stereocenters. The van der Waals surface area contributed by atoms with Crippen LogP contribution in [-0.2, 0) is 24.1 Å². The molecule has 7 heteroatoms. The highest BCUT2D eigenvalue weighted by molar-refractivity contribution is 7.16. The number of anilines is 1. The molecule has 0 spiro atoms. The molecule has 0 aromatic carbocycles. The molecule has 1 amide bonds. The van der Waals surface area contributed by atoms with Crippen molar-refractivity contribution in [3.63, 3.8) is 0 Å². The predicted octanol–water partition coefficient (Wildman–Crippen LogP) is 3.25. The maximum Gasteiger partial charge on any atom is 0.266 e. The zero-order valence-electron chi connectivity index (χ0n) is 15.4. The Morgan fingerprint density at radius 3 is 2.59 bits per heavy atom. The normalized spacial score (nSPS) is 12.7. The maximum absolute atomic E-state index is 12.5. The van der Waals surface area contributed by atoms with Crippen LogP contribution in [-0.4, -0.2) is 10.9 Å². The van der Waals surface area contributed by atoms with E-state index in [2.05, 4.69) is 16.4 Å². The zero-order valence-corrected chi connectivity index (χ0v) is 16.2. The number of hydrogen-bond donors (Lipinski definition) is 2. The number of carbonyl (C=O) groups is 1. The maximum atomic E-state index is 12.5. The molecule has 1 aliphatic rings. The van der Waals surface area contributed by atoms with Gasteiger partial charge >= 0.3 is 0 Å². The lowest BCUT2D eigenvalue weighted by molar-refractivity contribution is -0.116. The minimum atomic E-state index is -0.400. The van der Waals surface area contributed by atoms with E-state index in [0.717, 1.165) is 36.8 Å². The Hall–Kier alpha value is -2.90. The summed E-state index contributed by atoms with van der Waals surface area (Å²) in [7, 11) is 0. The number of nitrogens with one attached hydrogen (secondary N) is 2. The highest BCUT2D eigenvalue weighted by atomic mass is 32.1. The molecular formula is C20H20N4O2S. The molecule has 2 aromatic heterocycles. The van der Waals surface area contributed by atoms with Gasteiger partial charge in [-0.3, -0.25) is 9.59 Å². The number of amides is 1. The molecule has 3 rings (SSSR count). The fraction of sp³-hybridized carbons (Fsp3) is 0.400. The van der Waals surface area contributed by atoms with E-state index in [0.29, 0.717) is 28.2 Å². The SMILES string of the molecule is Cc1[nH]c(=O)c(C#N)c(C)c1CCC(=O)Nc1sc2c(c1C#N)CCCC2. The summed E-state index contributed by atoms with van der Waals surface area (Å²) in [5.41, 5.74) is 3.50. The van der Waals surface area contributed by atoms with E-state index >= 15 is 0 Å².